The number of ether oxygens (including phenoxy) is 1. The lowest BCUT2D eigenvalue weighted by Gasteiger charge is -2.34. The third kappa shape index (κ3) is 4.36. The number of hydrogen-bond acceptors (Lipinski definition) is 4. The Morgan fingerprint density at radius 3 is 2.44 bits per heavy atom. The fourth-order valence-corrected chi connectivity index (χ4v) is 6.09. The number of aliphatic carboxylic acids is 1. The standard InChI is InChI=1S/C29H35N3O4/c1-18-9-12-21(13-10-18)32-25-16-15-24-22(14-11-19(2)31(24)29(35)36-3)27(25)30-26(32)17-23(28(33)34)20-7-5-4-6-8-20/h4-8,15-16,18-19,21,23H,9-14,17H2,1-3H3,(H,33,34)/t18?,19-,21?,23?/m0/s1. The number of benzene rings is 2. The highest BCUT2D eigenvalue weighted by atomic mass is 16.5. The largest absolute Gasteiger partial charge is 0.481 e. The fraction of sp³-hybridized carbons (Fsp3) is 0.483. The Labute approximate surface area is 212 Å². The van der Waals surface area contributed by atoms with E-state index in [9.17, 15) is 14.7 Å². The number of methoxy groups -OCH3 is 1. The highest BCUT2D eigenvalue weighted by molar-refractivity contribution is 5.95. The Kier molecular flexibility index (Phi) is 6.73. The van der Waals surface area contributed by atoms with E-state index in [0.717, 1.165) is 72.2 Å². The van der Waals surface area contributed by atoms with Crippen molar-refractivity contribution in [1.29, 1.82) is 0 Å². The van der Waals surface area contributed by atoms with Crippen molar-refractivity contribution in [3.63, 3.8) is 0 Å². The van der Waals surface area contributed by atoms with Gasteiger partial charge in [0, 0.05) is 24.1 Å². The Bertz CT molecular complexity index is 1260. The smallest absolute Gasteiger partial charge is 0.414 e. The van der Waals surface area contributed by atoms with Gasteiger partial charge in [-0.05, 0) is 69.1 Å². The van der Waals surface area contributed by atoms with Gasteiger partial charge in [-0.2, -0.15) is 0 Å². The first-order valence-corrected chi connectivity index (χ1v) is 13.1. The summed E-state index contributed by atoms with van der Waals surface area (Å²) in [6.45, 7) is 4.34. The molecular formula is C29H35N3O4. The minimum absolute atomic E-state index is 0.0401. The summed E-state index contributed by atoms with van der Waals surface area (Å²) in [5, 5.41) is 10.1. The van der Waals surface area contributed by atoms with E-state index in [1.54, 1.807) is 4.90 Å². The zero-order valence-corrected chi connectivity index (χ0v) is 21.3. The summed E-state index contributed by atoms with van der Waals surface area (Å²) in [6.07, 6.45) is 6.04. The molecular weight excluding hydrogens is 454 g/mol. The molecule has 36 heavy (non-hydrogen) atoms. The number of carboxylic acids is 1. The van der Waals surface area contributed by atoms with Gasteiger partial charge in [0.05, 0.1) is 29.7 Å². The highest BCUT2D eigenvalue weighted by Gasteiger charge is 2.33. The number of amides is 1. The van der Waals surface area contributed by atoms with Crippen LogP contribution in [0.4, 0.5) is 10.5 Å². The van der Waals surface area contributed by atoms with Gasteiger partial charge in [-0.15, -0.1) is 0 Å². The van der Waals surface area contributed by atoms with Gasteiger partial charge in [0.1, 0.15) is 5.82 Å². The van der Waals surface area contributed by atoms with Crippen LogP contribution in [0.25, 0.3) is 11.0 Å². The van der Waals surface area contributed by atoms with Crippen molar-refractivity contribution in [3.05, 3.63) is 59.4 Å². The molecule has 7 heteroatoms. The van der Waals surface area contributed by atoms with Gasteiger partial charge in [0.25, 0.3) is 0 Å². The molecule has 7 nitrogen and oxygen atoms in total. The molecule has 0 bridgehead atoms. The van der Waals surface area contributed by atoms with E-state index in [2.05, 4.69) is 17.6 Å². The normalized spacial score (nSPS) is 22.8. The molecule has 2 heterocycles. The molecule has 1 amide bonds. The van der Waals surface area contributed by atoms with Crippen LogP contribution in [-0.2, 0) is 22.4 Å². The Morgan fingerprint density at radius 2 is 1.78 bits per heavy atom. The summed E-state index contributed by atoms with van der Waals surface area (Å²) in [5.41, 5.74) is 4.61. The minimum atomic E-state index is -0.843. The van der Waals surface area contributed by atoms with E-state index in [4.69, 9.17) is 9.72 Å². The van der Waals surface area contributed by atoms with Crippen molar-refractivity contribution >= 4 is 28.8 Å². The summed E-state index contributed by atoms with van der Waals surface area (Å²) in [6, 6.07) is 13.9. The van der Waals surface area contributed by atoms with Gasteiger partial charge in [-0.3, -0.25) is 9.69 Å². The number of nitrogens with zero attached hydrogens (tertiary/aromatic N) is 3. The maximum atomic E-state index is 12.6. The molecule has 1 aliphatic heterocycles. The molecule has 5 rings (SSSR count). The Hall–Kier alpha value is -3.35. The molecule has 1 fully saturated rings. The van der Waals surface area contributed by atoms with Crippen molar-refractivity contribution in [2.45, 2.75) is 76.8 Å². The first-order valence-electron chi connectivity index (χ1n) is 13.1. The van der Waals surface area contributed by atoms with Gasteiger partial charge in [0.2, 0.25) is 0 Å². The molecule has 0 saturated heterocycles. The summed E-state index contributed by atoms with van der Waals surface area (Å²) < 4.78 is 7.41. The predicted molar refractivity (Wildman–Crippen MR) is 140 cm³/mol. The lowest BCUT2D eigenvalue weighted by molar-refractivity contribution is -0.138. The lowest BCUT2D eigenvalue weighted by Crippen LogP contribution is -2.42. The number of fused-ring (bicyclic) bond motifs is 3. The van der Waals surface area contributed by atoms with E-state index in [-0.39, 0.29) is 12.1 Å². The van der Waals surface area contributed by atoms with E-state index in [0.29, 0.717) is 18.4 Å². The van der Waals surface area contributed by atoms with E-state index in [1.165, 1.54) is 7.11 Å². The molecule has 1 N–H and O–H groups in total. The summed E-state index contributed by atoms with van der Waals surface area (Å²) >= 11 is 0. The van der Waals surface area contributed by atoms with Crippen LogP contribution in [0.5, 0.6) is 0 Å². The molecule has 190 valence electrons. The first kappa shape index (κ1) is 24.3. The van der Waals surface area contributed by atoms with Gasteiger partial charge in [-0.1, -0.05) is 37.3 Å². The number of hydrogen-bond donors (Lipinski definition) is 1. The number of carbonyl (C=O) groups is 2. The molecule has 2 aliphatic rings. The average Bonchev–Trinajstić information content (AvgIpc) is 3.26. The molecule has 0 spiro atoms. The highest BCUT2D eigenvalue weighted by Crippen LogP contribution is 2.41. The quantitative estimate of drug-likeness (QED) is 0.468. The third-order valence-corrected chi connectivity index (χ3v) is 8.14. The lowest BCUT2D eigenvalue weighted by atomic mass is 9.87. The molecule has 1 aromatic heterocycles. The van der Waals surface area contributed by atoms with Crippen LogP contribution in [0.2, 0.25) is 0 Å². The van der Waals surface area contributed by atoms with Crippen molar-refractivity contribution in [3.8, 4) is 0 Å². The number of carboxylic acid groups (broad SMARTS) is 1. The van der Waals surface area contributed by atoms with Crippen LogP contribution >= 0.6 is 0 Å². The number of imidazole rings is 1. The number of anilines is 1. The number of carbonyl (C=O) groups excluding carboxylic acids is 1. The molecule has 1 aliphatic carbocycles. The fourth-order valence-electron chi connectivity index (χ4n) is 6.09. The van der Waals surface area contributed by atoms with Gasteiger partial charge < -0.3 is 14.4 Å². The Morgan fingerprint density at radius 1 is 1.06 bits per heavy atom. The molecule has 0 radical (unpaired) electrons. The summed E-state index contributed by atoms with van der Waals surface area (Å²) in [5.74, 6) is 0.00682. The summed E-state index contributed by atoms with van der Waals surface area (Å²) in [7, 11) is 1.41. The predicted octanol–water partition coefficient (Wildman–Crippen LogP) is 6.11. The second kappa shape index (κ2) is 9.96. The first-order chi connectivity index (χ1) is 17.4. The zero-order chi connectivity index (χ0) is 25.4. The second-order valence-corrected chi connectivity index (χ2v) is 10.5. The average molecular weight is 490 g/mol. The number of aromatic nitrogens is 2. The summed E-state index contributed by atoms with van der Waals surface area (Å²) in [4.78, 5) is 31.9. The van der Waals surface area contributed by atoms with Crippen LogP contribution in [0.3, 0.4) is 0 Å². The third-order valence-electron chi connectivity index (χ3n) is 8.14. The van der Waals surface area contributed by atoms with Crippen molar-refractivity contribution in [2.24, 2.45) is 5.92 Å². The van der Waals surface area contributed by atoms with Crippen LogP contribution in [0, 0.1) is 5.92 Å². The second-order valence-electron chi connectivity index (χ2n) is 10.5. The maximum absolute atomic E-state index is 12.6. The van der Waals surface area contributed by atoms with E-state index >= 15 is 0 Å². The van der Waals surface area contributed by atoms with Crippen LogP contribution in [0.15, 0.2) is 42.5 Å². The zero-order valence-electron chi connectivity index (χ0n) is 21.3. The number of aryl methyl sites for hydroxylation is 1. The maximum Gasteiger partial charge on any atom is 0.414 e. The van der Waals surface area contributed by atoms with Crippen LogP contribution in [0.1, 0.15) is 74.9 Å². The molecule has 1 saturated carbocycles. The minimum Gasteiger partial charge on any atom is -0.481 e. The monoisotopic (exact) mass is 489 g/mol. The van der Waals surface area contributed by atoms with E-state index in [1.807, 2.05) is 43.3 Å². The van der Waals surface area contributed by atoms with Crippen LogP contribution in [-0.4, -0.2) is 39.9 Å². The van der Waals surface area contributed by atoms with E-state index < -0.39 is 11.9 Å². The Balaban J connectivity index is 1.65. The number of rotatable bonds is 5. The molecule has 2 atom stereocenters. The SMILES string of the molecule is COC(=O)N1c2ccc3c(nc(CC(C(=O)O)c4ccccc4)n3C3CCC(C)CC3)c2CC[C@@H]1C. The molecule has 3 aromatic rings. The topological polar surface area (TPSA) is 84.7 Å². The van der Waals surface area contributed by atoms with Crippen molar-refractivity contribution in [2.75, 3.05) is 12.0 Å². The van der Waals surface area contributed by atoms with Gasteiger partial charge >= 0.3 is 12.1 Å². The van der Waals surface area contributed by atoms with Crippen molar-refractivity contribution < 1.29 is 19.4 Å². The molecule has 1 unspecified atom stereocenters. The molecule has 2 aromatic carbocycles. The van der Waals surface area contributed by atoms with Gasteiger partial charge in [-0.25, -0.2) is 9.78 Å². The van der Waals surface area contributed by atoms with Gasteiger partial charge in [0.15, 0.2) is 0 Å². The van der Waals surface area contributed by atoms with Crippen molar-refractivity contribution in [1.82, 2.24) is 9.55 Å². The van der Waals surface area contributed by atoms with Crippen LogP contribution < -0.4 is 4.90 Å².